The topological polar surface area (TPSA) is 50.2 Å². The molecule has 16 heavy (non-hydrogen) atoms. The maximum absolute atomic E-state index is 11.3. The number of carbonyl (C=O) groups is 1. The minimum absolute atomic E-state index is 0.0731. The van der Waals surface area contributed by atoms with Crippen LogP contribution in [0.15, 0.2) is 22.9 Å². The van der Waals surface area contributed by atoms with Gasteiger partial charge < -0.3 is 5.11 Å². The minimum Gasteiger partial charge on any atom is -0.481 e. The van der Waals surface area contributed by atoms with Crippen molar-refractivity contribution in [2.24, 2.45) is 11.3 Å². The molecule has 0 aromatic carbocycles. The zero-order valence-corrected chi connectivity index (χ0v) is 11.3. The van der Waals surface area contributed by atoms with E-state index in [9.17, 15) is 9.90 Å². The molecular weight excluding hydrogens is 270 g/mol. The van der Waals surface area contributed by atoms with E-state index in [1.807, 2.05) is 19.9 Å². The number of carboxylic acid groups (broad SMARTS) is 1. The lowest BCUT2D eigenvalue weighted by Crippen LogP contribution is -2.35. The molecule has 1 aromatic heterocycles. The van der Waals surface area contributed by atoms with Crippen molar-refractivity contribution in [2.75, 3.05) is 0 Å². The summed E-state index contributed by atoms with van der Waals surface area (Å²) in [5.74, 6) is -0.688. The number of halogens is 1. The maximum Gasteiger partial charge on any atom is 0.309 e. The van der Waals surface area contributed by atoms with Gasteiger partial charge in [-0.1, -0.05) is 13.8 Å². The molecule has 1 heterocycles. The van der Waals surface area contributed by atoms with E-state index in [1.165, 1.54) is 0 Å². The number of hydrogen-bond donors (Lipinski definition) is 1. The average molecular weight is 286 g/mol. The first-order valence-corrected chi connectivity index (χ1v) is 5.98. The van der Waals surface area contributed by atoms with Gasteiger partial charge in [-0.15, -0.1) is 0 Å². The highest BCUT2D eigenvalue weighted by Gasteiger charge is 2.36. The van der Waals surface area contributed by atoms with E-state index in [0.717, 1.165) is 10.0 Å². The molecular formula is C12H16BrNO2. The number of pyridine rings is 1. The van der Waals surface area contributed by atoms with Crippen molar-refractivity contribution in [1.82, 2.24) is 4.98 Å². The lowest BCUT2D eigenvalue weighted by Gasteiger charge is -2.29. The van der Waals surface area contributed by atoms with Gasteiger partial charge in [-0.25, -0.2) is 0 Å². The van der Waals surface area contributed by atoms with Gasteiger partial charge in [-0.3, -0.25) is 9.78 Å². The Hall–Kier alpha value is -0.900. The molecule has 0 fully saturated rings. The second kappa shape index (κ2) is 4.95. The first kappa shape index (κ1) is 13.2. The standard InChI is InChI=1S/C12H16BrNO2/c1-8(2)12(3,11(15)16)5-9-4-10(13)7-14-6-9/h4,6-8H,5H2,1-3H3,(H,15,16). The Balaban J connectivity index is 2.97. The summed E-state index contributed by atoms with van der Waals surface area (Å²) in [6.07, 6.45) is 3.90. The number of aromatic nitrogens is 1. The smallest absolute Gasteiger partial charge is 0.309 e. The Morgan fingerprint density at radius 3 is 2.62 bits per heavy atom. The number of aliphatic carboxylic acids is 1. The normalized spacial score (nSPS) is 14.8. The zero-order valence-electron chi connectivity index (χ0n) is 9.70. The molecule has 0 saturated carbocycles. The molecule has 1 unspecified atom stereocenters. The van der Waals surface area contributed by atoms with Crippen LogP contribution in [0.4, 0.5) is 0 Å². The molecule has 4 heteroatoms. The summed E-state index contributed by atoms with van der Waals surface area (Å²) in [6, 6.07) is 1.91. The molecule has 0 saturated heterocycles. The van der Waals surface area contributed by atoms with Crippen molar-refractivity contribution in [3.63, 3.8) is 0 Å². The van der Waals surface area contributed by atoms with E-state index in [4.69, 9.17) is 0 Å². The van der Waals surface area contributed by atoms with Crippen molar-refractivity contribution < 1.29 is 9.90 Å². The van der Waals surface area contributed by atoms with Crippen molar-refractivity contribution in [1.29, 1.82) is 0 Å². The van der Waals surface area contributed by atoms with E-state index in [-0.39, 0.29) is 5.92 Å². The van der Waals surface area contributed by atoms with Gasteiger partial charge in [0, 0.05) is 16.9 Å². The Morgan fingerprint density at radius 2 is 2.19 bits per heavy atom. The van der Waals surface area contributed by atoms with Crippen LogP contribution in [0, 0.1) is 11.3 Å². The molecule has 0 aliphatic rings. The number of hydrogen-bond acceptors (Lipinski definition) is 2. The van der Waals surface area contributed by atoms with E-state index >= 15 is 0 Å². The molecule has 0 radical (unpaired) electrons. The van der Waals surface area contributed by atoms with Gasteiger partial charge in [0.05, 0.1) is 5.41 Å². The summed E-state index contributed by atoms with van der Waals surface area (Å²) in [5.41, 5.74) is 0.190. The molecule has 0 amide bonds. The molecule has 0 bridgehead atoms. The Labute approximate surface area is 104 Å². The Morgan fingerprint density at radius 1 is 1.56 bits per heavy atom. The predicted octanol–water partition coefficient (Wildman–Crippen LogP) is 3.13. The highest BCUT2D eigenvalue weighted by molar-refractivity contribution is 9.10. The highest BCUT2D eigenvalue weighted by atomic mass is 79.9. The lowest BCUT2D eigenvalue weighted by atomic mass is 9.75. The third-order valence-electron chi connectivity index (χ3n) is 3.10. The van der Waals surface area contributed by atoms with E-state index in [1.54, 1.807) is 19.3 Å². The molecule has 1 rings (SSSR count). The summed E-state index contributed by atoms with van der Waals surface area (Å²) in [6.45, 7) is 5.64. The number of rotatable bonds is 4. The fraction of sp³-hybridized carbons (Fsp3) is 0.500. The largest absolute Gasteiger partial charge is 0.481 e. The second-order valence-corrected chi connectivity index (χ2v) is 5.48. The second-order valence-electron chi connectivity index (χ2n) is 4.57. The van der Waals surface area contributed by atoms with Crippen LogP contribution in [-0.4, -0.2) is 16.1 Å². The fourth-order valence-electron chi connectivity index (χ4n) is 1.50. The average Bonchev–Trinajstić information content (AvgIpc) is 2.16. The zero-order chi connectivity index (χ0) is 12.3. The summed E-state index contributed by atoms with van der Waals surface area (Å²) >= 11 is 3.33. The summed E-state index contributed by atoms with van der Waals surface area (Å²) in [5, 5.41) is 9.30. The van der Waals surface area contributed by atoms with Crippen LogP contribution in [0.2, 0.25) is 0 Å². The quantitative estimate of drug-likeness (QED) is 0.925. The molecule has 1 atom stereocenters. The molecule has 0 aliphatic heterocycles. The van der Waals surface area contributed by atoms with Crippen LogP contribution in [0.3, 0.4) is 0 Å². The van der Waals surface area contributed by atoms with Crippen LogP contribution >= 0.6 is 15.9 Å². The van der Waals surface area contributed by atoms with Crippen LogP contribution < -0.4 is 0 Å². The highest BCUT2D eigenvalue weighted by Crippen LogP contribution is 2.32. The molecule has 1 aromatic rings. The number of carboxylic acids is 1. The van der Waals surface area contributed by atoms with Crippen LogP contribution in [0.5, 0.6) is 0 Å². The predicted molar refractivity (Wildman–Crippen MR) is 66.2 cm³/mol. The van der Waals surface area contributed by atoms with E-state index < -0.39 is 11.4 Å². The van der Waals surface area contributed by atoms with Crippen LogP contribution in [0.25, 0.3) is 0 Å². The molecule has 3 nitrogen and oxygen atoms in total. The van der Waals surface area contributed by atoms with E-state index in [0.29, 0.717) is 6.42 Å². The van der Waals surface area contributed by atoms with Crippen molar-refractivity contribution >= 4 is 21.9 Å². The molecule has 0 spiro atoms. The third kappa shape index (κ3) is 2.82. The van der Waals surface area contributed by atoms with Gasteiger partial charge in [0.15, 0.2) is 0 Å². The van der Waals surface area contributed by atoms with Gasteiger partial charge in [0.25, 0.3) is 0 Å². The SMILES string of the molecule is CC(C)C(C)(Cc1cncc(Br)c1)C(=O)O. The van der Waals surface area contributed by atoms with Crippen molar-refractivity contribution in [2.45, 2.75) is 27.2 Å². The Kier molecular flexibility index (Phi) is 4.08. The summed E-state index contributed by atoms with van der Waals surface area (Å²) in [7, 11) is 0. The lowest BCUT2D eigenvalue weighted by molar-refractivity contribution is -0.150. The molecule has 88 valence electrons. The van der Waals surface area contributed by atoms with E-state index in [2.05, 4.69) is 20.9 Å². The molecule has 1 N–H and O–H groups in total. The van der Waals surface area contributed by atoms with Crippen LogP contribution in [0.1, 0.15) is 26.3 Å². The maximum atomic E-state index is 11.3. The third-order valence-corrected chi connectivity index (χ3v) is 3.53. The minimum atomic E-state index is -0.762. The summed E-state index contributed by atoms with van der Waals surface area (Å²) < 4.78 is 0.876. The first-order valence-electron chi connectivity index (χ1n) is 5.19. The first-order chi connectivity index (χ1) is 7.36. The van der Waals surface area contributed by atoms with Crippen LogP contribution in [-0.2, 0) is 11.2 Å². The summed E-state index contributed by atoms with van der Waals surface area (Å²) in [4.78, 5) is 15.4. The van der Waals surface area contributed by atoms with Crippen molar-refractivity contribution in [3.05, 3.63) is 28.5 Å². The van der Waals surface area contributed by atoms with Gasteiger partial charge in [-0.05, 0) is 46.8 Å². The Bertz CT molecular complexity index is 392. The molecule has 0 aliphatic carbocycles. The fourth-order valence-corrected chi connectivity index (χ4v) is 1.92. The number of nitrogens with zero attached hydrogens (tertiary/aromatic N) is 1. The van der Waals surface area contributed by atoms with Crippen molar-refractivity contribution in [3.8, 4) is 0 Å². The van der Waals surface area contributed by atoms with Gasteiger partial charge in [0.1, 0.15) is 0 Å². The monoisotopic (exact) mass is 285 g/mol. The van der Waals surface area contributed by atoms with Gasteiger partial charge in [-0.2, -0.15) is 0 Å². The van der Waals surface area contributed by atoms with Gasteiger partial charge >= 0.3 is 5.97 Å². The van der Waals surface area contributed by atoms with Gasteiger partial charge in [0.2, 0.25) is 0 Å².